The molecule has 0 saturated carbocycles. The number of carboxylic acid groups (broad SMARTS) is 1. The lowest BCUT2D eigenvalue weighted by Crippen LogP contribution is -2.07. The van der Waals surface area contributed by atoms with Crippen molar-refractivity contribution in [1.29, 1.82) is 0 Å². The minimum Gasteiger partial charge on any atom is -0.481 e. The van der Waals surface area contributed by atoms with Gasteiger partial charge in [0.15, 0.2) is 0 Å². The van der Waals surface area contributed by atoms with Crippen molar-refractivity contribution in [1.82, 2.24) is 4.98 Å². The fourth-order valence-electron chi connectivity index (χ4n) is 0.640. The molecule has 0 aromatic carbocycles. The fraction of sp³-hybridized carbons (Fsp3) is 0.333. The first kappa shape index (κ1) is 8.49. The number of halogens is 1. The van der Waals surface area contributed by atoms with E-state index < -0.39 is 11.9 Å². The topological polar surface area (TPSA) is 50.2 Å². The third-order valence-corrected chi connectivity index (χ3v) is 2.42. The average Bonchev–Trinajstić information content (AvgIpc) is 2.33. The number of thiazole rings is 1. The second-order valence-electron chi connectivity index (χ2n) is 2.07. The molecule has 0 aliphatic heterocycles. The van der Waals surface area contributed by atoms with Gasteiger partial charge in [-0.25, -0.2) is 4.98 Å². The van der Waals surface area contributed by atoms with Crippen molar-refractivity contribution in [3.8, 4) is 0 Å². The number of hydrogen-bond donors (Lipinski definition) is 1. The Morgan fingerprint density at radius 2 is 2.55 bits per heavy atom. The Labute approximate surface area is 72.6 Å². The standard InChI is InChI=1S/C6H6ClNO2S/c1-3(6(9)10)4-5(7)11-2-8-4/h2-3H,1H3,(H,9,10). The number of aliphatic carboxylic acids is 1. The molecule has 1 rings (SSSR count). The summed E-state index contributed by atoms with van der Waals surface area (Å²) in [6, 6.07) is 0. The molecule has 0 radical (unpaired) electrons. The van der Waals surface area contributed by atoms with E-state index in [0.717, 1.165) is 0 Å². The van der Waals surface area contributed by atoms with E-state index >= 15 is 0 Å². The van der Waals surface area contributed by atoms with E-state index in [1.165, 1.54) is 16.8 Å². The van der Waals surface area contributed by atoms with Crippen LogP contribution in [0.3, 0.4) is 0 Å². The van der Waals surface area contributed by atoms with Gasteiger partial charge in [0.2, 0.25) is 0 Å². The van der Waals surface area contributed by atoms with Crippen LogP contribution in [0.4, 0.5) is 0 Å². The highest BCUT2D eigenvalue weighted by Gasteiger charge is 2.18. The highest BCUT2D eigenvalue weighted by molar-refractivity contribution is 7.14. The summed E-state index contributed by atoms with van der Waals surface area (Å²) in [6.07, 6.45) is 0. The molecule has 60 valence electrons. The van der Waals surface area contributed by atoms with E-state index in [9.17, 15) is 4.79 Å². The summed E-state index contributed by atoms with van der Waals surface area (Å²) in [5, 5.41) is 8.58. The van der Waals surface area contributed by atoms with E-state index in [1.807, 2.05) is 0 Å². The van der Waals surface area contributed by atoms with Crippen molar-refractivity contribution in [2.24, 2.45) is 0 Å². The third-order valence-electron chi connectivity index (χ3n) is 1.33. The maximum atomic E-state index is 10.5. The predicted molar refractivity (Wildman–Crippen MR) is 43.2 cm³/mol. The Hall–Kier alpha value is -0.610. The summed E-state index contributed by atoms with van der Waals surface area (Å²) in [6.45, 7) is 1.56. The van der Waals surface area contributed by atoms with Crippen LogP contribution in [0, 0.1) is 0 Å². The summed E-state index contributed by atoms with van der Waals surface area (Å²) in [5.41, 5.74) is 1.99. The van der Waals surface area contributed by atoms with Crippen molar-refractivity contribution in [2.75, 3.05) is 0 Å². The van der Waals surface area contributed by atoms with Gasteiger partial charge in [0.25, 0.3) is 0 Å². The minimum absolute atomic E-state index is 0.448. The van der Waals surface area contributed by atoms with Crippen molar-refractivity contribution >= 4 is 28.9 Å². The molecular formula is C6H6ClNO2S. The molecule has 0 spiro atoms. The molecule has 0 fully saturated rings. The Kier molecular flexibility index (Phi) is 2.46. The molecule has 1 atom stereocenters. The molecule has 0 bridgehead atoms. The van der Waals surface area contributed by atoms with Crippen molar-refractivity contribution in [3.05, 3.63) is 15.5 Å². The van der Waals surface area contributed by atoms with Crippen LogP contribution in [-0.4, -0.2) is 16.1 Å². The van der Waals surface area contributed by atoms with Gasteiger partial charge in [0, 0.05) is 0 Å². The van der Waals surface area contributed by atoms with Gasteiger partial charge in [-0.3, -0.25) is 4.79 Å². The van der Waals surface area contributed by atoms with Gasteiger partial charge in [-0.15, -0.1) is 11.3 Å². The van der Waals surface area contributed by atoms with Gasteiger partial charge in [-0.05, 0) is 6.92 Å². The lowest BCUT2D eigenvalue weighted by molar-refractivity contribution is -0.138. The average molecular weight is 192 g/mol. The fourth-order valence-corrected chi connectivity index (χ4v) is 1.58. The number of carbonyl (C=O) groups is 1. The Bertz CT molecular complexity index is 273. The lowest BCUT2D eigenvalue weighted by Gasteiger charge is -2.00. The van der Waals surface area contributed by atoms with E-state index in [4.69, 9.17) is 16.7 Å². The summed E-state index contributed by atoms with van der Waals surface area (Å²) in [7, 11) is 0. The van der Waals surface area contributed by atoms with E-state index in [-0.39, 0.29) is 0 Å². The molecule has 1 unspecified atom stereocenters. The molecular weight excluding hydrogens is 186 g/mol. The maximum absolute atomic E-state index is 10.5. The molecule has 0 aliphatic carbocycles. The first-order chi connectivity index (χ1) is 5.13. The van der Waals surface area contributed by atoms with E-state index in [0.29, 0.717) is 10.0 Å². The zero-order chi connectivity index (χ0) is 8.43. The first-order valence-corrected chi connectivity index (χ1v) is 4.20. The van der Waals surface area contributed by atoms with Crippen molar-refractivity contribution in [3.63, 3.8) is 0 Å². The van der Waals surface area contributed by atoms with Crippen LogP contribution in [0.2, 0.25) is 4.34 Å². The summed E-state index contributed by atoms with van der Waals surface area (Å²) in [5.74, 6) is -1.52. The molecule has 1 aromatic heterocycles. The van der Waals surface area contributed by atoms with Crippen LogP contribution < -0.4 is 0 Å². The second-order valence-corrected chi connectivity index (χ2v) is 3.53. The normalized spacial score (nSPS) is 12.9. The smallest absolute Gasteiger partial charge is 0.312 e. The number of hydrogen-bond acceptors (Lipinski definition) is 3. The van der Waals surface area contributed by atoms with Crippen molar-refractivity contribution < 1.29 is 9.90 Å². The number of nitrogens with zero attached hydrogens (tertiary/aromatic N) is 1. The highest BCUT2D eigenvalue weighted by atomic mass is 35.5. The van der Waals surface area contributed by atoms with Crippen LogP contribution in [0.5, 0.6) is 0 Å². The van der Waals surface area contributed by atoms with Gasteiger partial charge in [-0.2, -0.15) is 0 Å². The Balaban J connectivity index is 2.92. The van der Waals surface area contributed by atoms with Gasteiger partial charge in [-0.1, -0.05) is 11.6 Å². The van der Waals surface area contributed by atoms with Gasteiger partial charge in [0.1, 0.15) is 4.34 Å². The zero-order valence-electron chi connectivity index (χ0n) is 5.74. The van der Waals surface area contributed by atoms with Gasteiger partial charge < -0.3 is 5.11 Å². The molecule has 0 amide bonds. The Morgan fingerprint density at radius 1 is 1.91 bits per heavy atom. The largest absolute Gasteiger partial charge is 0.481 e. The van der Waals surface area contributed by atoms with Gasteiger partial charge >= 0.3 is 5.97 Å². The molecule has 1 N–H and O–H groups in total. The molecule has 1 heterocycles. The van der Waals surface area contributed by atoms with Crippen LogP contribution in [0.25, 0.3) is 0 Å². The van der Waals surface area contributed by atoms with E-state index in [1.54, 1.807) is 6.92 Å². The predicted octanol–water partition coefficient (Wildman–Crippen LogP) is 1.98. The van der Waals surface area contributed by atoms with Gasteiger partial charge in [0.05, 0.1) is 17.1 Å². The van der Waals surface area contributed by atoms with Crippen LogP contribution in [0.15, 0.2) is 5.51 Å². The molecule has 5 heteroatoms. The lowest BCUT2D eigenvalue weighted by atomic mass is 10.1. The molecule has 0 aliphatic rings. The summed E-state index contributed by atoms with van der Waals surface area (Å²) in [4.78, 5) is 14.3. The molecule has 1 aromatic rings. The number of rotatable bonds is 2. The summed E-state index contributed by atoms with van der Waals surface area (Å²) >= 11 is 6.91. The minimum atomic E-state index is -0.905. The van der Waals surface area contributed by atoms with Crippen LogP contribution in [-0.2, 0) is 4.79 Å². The maximum Gasteiger partial charge on any atom is 0.312 e. The molecule has 11 heavy (non-hydrogen) atoms. The number of carboxylic acids is 1. The second kappa shape index (κ2) is 3.19. The molecule has 0 saturated heterocycles. The third kappa shape index (κ3) is 1.70. The van der Waals surface area contributed by atoms with Crippen LogP contribution in [0.1, 0.15) is 18.5 Å². The number of aromatic nitrogens is 1. The van der Waals surface area contributed by atoms with Crippen LogP contribution >= 0.6 is 22.9 Å². The monoisotopic (exact) mass is 191 g/mol. The summed E-state index contributed by atoms with van der Waals surface area (Å²) < 4.78 is 0.458. The SMILES string of the molecule is CC(C(=O)O)c1ncsc1Cl. The van der Waals surface area contributed by atoms with Crippen molar-refractivity contribution in [2.45, 2.75) is 12.8 Å². The first-order valence-electron chi connectivity index (χ1n) is 2.94. The van der Waals surface area contributed by atoms with E-state index in [2.05, 4.69) is 4.98 Å². The highest BCUT2D eigenvalue weighted by Crippen LogP contribution is 2.26. The quantitative estimate of drug-likeness (QED) is 0.778. The zero-order valence-corrected chi connectivity index (χ0v) is 7.32. The Morgan fingerprint density at radius 3 is 2.91 bits per heavy atom. The molecule has 3 nitrogen and oxygen atoms in total.